The van der Waals surface area contributed by atoms with Crippen molar-refractivity contribution in [3.8, 4) is 17.1 Å². The first kappa shape index (κ1) is 24.1. The highest BCUT2D eigenvalue weighted by molar-refractivity contribution is 8.18. The van der Waals surface area contributed by atoms with Crippen molar-refractivity contribution in [2.75, 3.05) is 19.0 Å². The number of hydrogen-bond acceptors (Lipinski definition) is 7. The van der Waals surface area contributed by atoms with Gasteiger partial charge >= 0.3 is 5.97 Å². The first-order chi connectivity index (χ1) is 16.7. The van der Waals surface area contributed by atoms with Gasteiger partial charge in [-0.15, -0.1) is 0 Å². The minimum atomic E-state index is -1.11. The van der Waals surface area contributed by atoms with Crippen molar-refractivity contribution >= 4 is 58.1 Å². The number of rotatable bonds is 7. The molecule has 4 rings (SSSR count). The molecule has 1 fully saturated rings. The molecule has 35 heavy (non-hydrogen) atoms. The van der Waals surface area contributed by atoms with Crippen molar-refractivity contribution in [3.05, 3.63) is 75.8 Å². The molecule has 1 aliphatic heterocycles. The third kappa shape index (κ3) is 5.39. The minimum Gasteiger partial charge on any atom is -0.497 e. The molecular weight excluding hydrogens is 496 g/mol. The molecule has 2 N–H and O–H groups in total. The Hall–Kier alpha value is -4.02. The number of imide groups is 1. The number of halogens is 1. The number of furan rings is 1. The summed E-state index contributed by atoms with van der Waals surface area (Å²) in [5.74, 6) is -1.11. The molecule has 0 spiro atoms. The molecular formula is C24H17ClN2O7S. The van der Waals surface area contributed by atoms with Crippen LogP contribution in [0.5, 0.6) is 5.75 Å². The highest BCUT2D eigenvalue weighted by Gasteiger charge is 2.36. The number of amides is 3. The molecule has 0 radical (unpaired) electrons. The topological polar surface area (TPSA) is 126 Å². The summed E-state index contributed by atoms with van der Waals surface area (Å²) >= 11 is 6.86. The summed E-state index contributed by atoms with van der Waals surface area (Å²) in [6.07, 6.45) is 1.38. The molecule has 1 aromatic heterocycles. The van der Waals surface area contributed by atoms with Crippen molar-refractivity contribution in [3.63, 3.8) is 0 Å². The molecule has 11 heteroatoms. The van der Waals surface area contributed by atoms with Gasteiger partial charge in [0.2, 0.25) is 5.91 Å². The third-order valence-corrected chi connectivity index (χ3v) is 6.16. The third-order valence-electron chi connectivity index (χ3n) is 4.93. The van der Waals surface area contributed by atoms with E-state index in [1.807, 2.05) is 0 Å². The molecule has 2 heterocycles. The lowest BCUT2D eigenvalue weighted by Gasteiger charge is -2.12. The van der Waals surface area contributed by atoms with Gasteiger partial charge in [0.25, 0.3) is 11.1 Å². The van der Waals surface area contributed by atoms with Gasteiger partial charge in [-0.3, -0.25) is 19.3 Å². The van der Waals surface area contributed by atoms with Crippen LogP contribution >= 0.6 is 23.4 Å². The molecule has 9 nitrogen and oxygen atoms in total. The van der Waals surface area contributed by atoms with Gasteiger partial charge in [-0.1, -0.05) is 11.6 Å². The van der Waals surface area contributed by atoms with E-state index in [1.54, 1.807) is 36.4 Å². The van der Waals surface area contributed by atoms with E-state index in [2.05, 4.69) is 5.32 Å². The van der Waals surface area contributed by atoms with Gasteiger partial charge in [-0.05, 0) is 66.4 Å². The van der Waals surface area contributed by atoms with Gasteiger partial charge in [0.15, 0.2) is 0 Å². The van der Waals surface area contributed by atoms with E-state index in [0.717, 1.165) is 4.90 Å². The molecule has 3 amide bonds. The summed E-state index contributed by atoms with van der Waals surface area (Å²) in [6, 6.07) is 13.9. The zero-order chi connectivity index (χ0) is 25.1. The van der Waals surface area contributed by atoms with Gasteiger partial charge in [0.05, 0.1) is 22.6 Å². The number of anilines is 1. The summed E-state index contributed by atoms with van der Waals surface area (Å²) in [7, 11) is 1.52. The number of carbonyl (C=O) groups excluding carboxylic acids is 3. The second-order valence-electron chi connectivity index (χ2n) is 7.25. The average molecular weight is 513 g/mol. The van der Waals surface area contributed by atoms with Crippen LogP contribution in [0.25, 0.3) is 17.4 Å². The Morgan fingerprint density at radius 3 is 2.57 bits per heavy atom. The van der Waals surface area contributed by atoms with Crippen molar-refractivity contribution in [2.24, 2.45) is 0 Å². The number of carbonyl (C=O) groups is 4. The van der Waals surface area contributed by atoms with E-state index in [9.17, 15) is 24.3 Å². The Bertz CT molecular complexity index is 1360. The fourth-order valence-electron chi connectivity index (χ4n) is 3.21. The quantitative estimate of drug-likeness (QED) is 0.424. The number of nitrogens with one attached hydrogen (secondary N) is 1. The van der Waals surface area contributed by atoms with Crippen LogP contribution in [0.3, 0.4) is 0 Å². The molecule has 0 aliphatic carbocycles. The highest BCUT2D eigenvalue weighted by Crippen LogP contribution is 2.35. The molecule has 0 bridgehead atoms. The molecule has 1 aliphatic rings. The maximum Gasteiger partial charge on any atom is 0.335 e. The largest absolute Gasteiger partial charge is 0.497 e. The molecule has 3 aromatic rings. The maximum absolute atomic E-state index is 12.7. The second kappa shape index (κ2) is 10.1. The van der Waals surface area contributed by atoms with Gasteiger partial charge in [0, 0.05) is 17.3 Å². The Kier molecular flexibility index (Phi) is 6.94. The zero-order valence-corrected chi connectivity index (χ0v) is 19.7. The first-order valence-electron chi connectivity index (χ1n) is 10.1. The standard InChI is InChI=1S/C24H17ClN2O7S/c1-33-15-5-3-14(4-6-15)26-21(28)12-27-22(29)20(35-24(27)32)11-16-7-9-19(34-16)17-10-13(23(30)31)2-8-18(17)25/h2-11H,12H2,1H3,(H,26,28)(H,30,31)/b20-11-. The summed E-state index contributed by atoms with van der Waals surface area (Å²) in [4.78, 5) is 49.6. The number of carboxylic acid groups (broad SMARTS) is 1. The number of ether oxygens (including phenoxy) is 1. The number of aromatic carboxylic acids is 1. The van der Waals surface area contributed by atoms with E-state index >= 15 is 0 Å². The predicted octanol–water partition coefficient (Wildman–Crippen LogP) is 4.98. The first-order valence-corrected chi connectivity index (χ1v) is 11.3. The Balaban J connectivity index is 1.46. The van der Waals surface area contributed by atoms with E-state index in [1.165, 1.54) is 31.4 Å². The summed E-state index contributed by atoms with van der Waals surface area (Å²) in [5, 5.41) is 11.5. The fourth-order valence-corrected chi connectivity index (χ4v) is 4.24. The Morgan fingerprint density at radius 1 is 1.14 bits per heavy atom. The smallest absolute Gasteiger partial charge is 0.335 e. The second-order valence-corrected chi connectivity index (χ2v) is 8.65. The highest BCUT2D eigenvalue weighted by atomic mass is 35.5. The Morgan fingerprint density at radius 2 is 1.89 bits per heavy atom. The van der Waals surface area contributed by atoms with Crippen LogP contribution in [0.1, 0.15) is 16.1 Å². The van der Waals surface area contributed by atoms with Crippen LogP contribution in [0, 0.1) is 0 Å². The zero-order valence-electron chi connectivity index (χ0n) is 18.1. The molecule has 0 unspecified atom stereocenters. The van der Waals surface area contributed by atoms with Crippen molar-refractivity contribution in [1.29, 1.82) is 0 Å². The van der Waals surface area contributed by atoms with Crippen LogP contribution in [0.4, 0.5) is 10.5 Å². The van der Waals surface area contributed by atoms with Crippen LogP contribution < -0.4 is 10.1 Å². The molecule has 178 valence electrons. The molecule has 1 saturated heterocycles. The normalized spacial score (nSPS) is 14.5. The summed E-state index contributed by atoms with van der Waals surface area (Å²) in [5.41, 5.74) is 0.901. The minimum absolute atomic E-state index is 0.0383. The number of nitrogens with zero attached hydrogens (tertiary/aromatic N) is 1. The van der Waals surface area contributed by atoms with Crippen LogP contribution in [-0.4, -0.2) is 46.7 Å². The van der Waals surface area contributed by atoms with Crippen LogP contribution in [-0.2, 0) is 9.59 Å². The Labute approximate surface area is 208 Å². The number of hydrogen-bond donors (Lipinski definition) is 2. The van der Waals surface area contributed by atoms with E-state index in [4.69, 9.17) is 20.8 Å². The number of thioether (sulfide) groups is 1. The number of methoxy groups -OCH3 is 1. The maximum atomic E-state index is 12.7. The van der Waals surface area contributed by atoms with Crippen molar-refractivity contribution in [1.82, 2.24) is 4.90 Å². The molecule has 2 aromatic carbocycles. The molecule has 0 atom stereocenters. The van der Waals surface area contributed by atoms with Crippen molar-refractivity contribution < 1.29 is 33.4 Å². The number of benzene rings is 2. The summed E-state index contributed by atoms with van der Waals surface area (Å²) < 4.78 is 10.8. The predicted molar refractivity (Wildman–Crippen MR) is 130 cm³/mol. The van der Waals surface area contributed by atoms with Gasteiger partial charge in [0.1, 0.15) is 23.8 Å². The van der Waals surface area contributed by atoms with Crippen LogP contribution in [0.2, 0.25) is 5.02 Å². The SMILES string of the molecule is COc1ccc(NC(=O)CN2C(=O)S/C(=C\c3ccc(-c4cc(C(=O)O)ccc4Cl)o3)C2=O)cc1. The lowest BCUT2D eigenvalue weighted by molar-refractivity contribution is -0.127. The monoisotopic (exact) mass is 512 g/mol. The summed E-state index contributed by atoms with van der Waals surface area (Å²) in [6.45, 7) is -0.449. The molecule has 0 saturated carbocycles. The van der Waals surface area contributed by atoms with Gasteiger partial charge in [-0.25, -0.2) is 4.79 Å². The van der Waals surface area contributed by atoms with Gasteiger partial charge in [-0.2, -0.15) is 0 Å². The lowest BCUT2D eigenvalue weighted by Crippen LogP contribution is -2.36. The lowest BCUT2D eigenvalue weighted by atomic mass is 10.1. The number of carboxylic acids is 1. The average Bonchev–Trinajstić information content (AvgIpc) is 3.40. The fraction of sp³-hybridized carbons (Fsp3) is 0.0833. The van der Waals surface area contributed by atoms with Crippen molar-refractivity contribution in [2.45, 2.75) is 0 Å². The van der Waals surface area contributed by atoms with E-state index in [0.29, 0.717) is 39.5 Å². The van der Waals surface area contributed by atoms with E-state index in [-0.39, 0.29) is 16.2 Å². The van der Waals surface area contributed by atoms with E-state index < -0.39 is 29.6 Å². The van der Waals surface area contributed by atoms with Crippen LogP contribution in [0.15, 0.2) is 63.9 Å². The van der Waals surface area contributed by atoms with Gasteiger partial charge < -0.3 is 19.6 Å².